The number of aromatic nitrogens is 4. The van der Waals surface area contributed by atoms with Crippen molar-refractivity contribution in [3.8, 4) is 22.3 Å². The fourth-order valence-corrected chi connectivity index (χ4v) is 9.05. The molecule has 0 spiro atoms. The Hall–Kier alpha value is -5.19. The van der Waals surface area contributed by atoms with Gasteiger partial charge in [0.25, 0.3) is 0 Å². The Labute approximate surface area is 250 Å². The number of rotatable bonds is 4. The number of hydrogen-bond acceptors (Lipinski definition) is 4. The van der Waals surface area contributed by atoms with Crippen molar-refractivity contribution in [3.05, 3.63) is 145 Å². The van der Waals surface area contributed by atoms with Crippen LogP contribution in [0.3, 0.4) is 0 Å². The van der Waals surface area contributed by atoms with Crippen LogP contribution < -0.4 is 10.2 Å². The number of anilines is 3. The average molecular weight is 578 g/mol. The van der Waals surface area contributed by atoms with Crippen LogP contribution in [-0.4, -0.2) is 18.6 Å². The Balaban J connectivity index is 1.43. The smallest absolute Gasteiger partial charge is 0.269 e. The highest BCUT2D eigenvalue weighted by atomic mass is 31.2. The standard InChI is InChI=1S/C36H28N5OP/c1-25-26(2)40-35(37-25)39(31-19-11-17-29(23-31)27-13-5-3-6-14-27)36-38-33-21-9-10-22-34(33)41(36)43(40,42)32-20-12-18-30(24-32)28-15-7-4-8-16-28/h3-24H,1-2H3. The molecule has 7 aromatic rings. The Bertz CT molecular complexity index is 2200. The Morgan fingerprint density at radius 3 is 1.86 bits per heavy atom. The largest absolute Gasteiger partial charge is 0.306 e. The van der Waals surface area contributed by atoms with Gasteiger partial charge in [0.2, 0.25) is 11.9 Å². The minimum atomic E-state index is -3.57. The van der Waals surface area contributed by atoms with Crippen LogP contribution in [-0.2, 0) is 4.57 Å². The Kier molecular flexibility index (Phi) is 5.75. The van der Waals surface area contributed by atoms with Gasteiger partial charge in [0.05, 0.1) is 27.7 Å². The maximum absolute atomic E-state index is 16.1. The summed E-state index contributed by atoms with van der Waals surface area (Å²) in [5, 5.41) is 0.720. The molecule has 43 heavy (non-hydrogen) atoms. The molecule has 208 valence electrons. The summed E-state index contributed by atoms with van der Waals surface area (Å²) in [5.74, 6) is 1.17. The molecule has 0 bridgehead atoms. The molecule has 1 aliphatic rings. The van der Waals surface area contributed by atoms with Crippen molar-refractivity contribution in [2.45, 2.75) is 13.8 Å². The second kappa shape index (κ2) is 9.69. The lowest BCUT2D eigenvalue weighted by Crippen LogP contribution is -2.30. The number of para-hydroxylation sites is 2. The second-order valence-electron chi connectivity index (χ2n) is 10.8. The highest BCUT2D eigenvalue weighted by molar-refractivity contribution is 7.69. The fraction of sp³-hybridized carbons (Fsp3) is 0.0556. The monoisotopic (exact) mass is 577 g/mol. The topological polar surface area (TPSA) is 56.0 Å². The lowest BCUT2D eigenvalue weighted by molar-refractivity contribution is 0.567. The van der Waals surface area contributed by atoms with Crippen LogP contribution in [0.4, 0.5) is 17.6 Å². The third-order valence-electron chi connectivity index (χ3n) is 8.26. The molecular weight excluding hydrogens is 549 g/mol. The van der Waals surface area contributed by atoms with Gasteiger partial charge in [-0.1, -0.05) is 97.1 Å². The van der Waals surface area contributed by atoms with E-state index in [1.54, 1.807) is 0 Å². The van der Waals surface area contributed by atoms with Crippen molar-refractivity contribution in [1.82, 2.24) is 18.6 Å². The molecule has 0 N–H and O–H groups in total. The average Bonchev–Trinajstić information content (AvgIpc) is 3.60. The summed E-state index contributed by atoms with van der Waals surface area (Å²) < 4.78 is 20.0. The predicted octanol–water partition coefficient (Wildman–Crippen LogP) is 8.88. The molecule has 0 radical (unpaired) electrons. The summed E-state index contributed by atoms with van der Waals surface area (Å²) in [6, 6.07) is 44.9. The molecule has 2 aromatic heterocycles. The van der Waals surface area contributed by atoms with Crippen molar-refractivity contribution in [2.24, 2.45) is 0 Å². The predicted molar refractivity (Wildman–Crippen MR) is 175 cm³/mol. The van der Waals surface area contributed by atoms with Gasteiger partial charge < -0.3 is 0 Å². The second-order valence-corrected chi connectivity index (χ2v) is 13.2. The fourth-order valence-electron chi connectivity index (χ4n) is 6.06. The molecular formula is C36H28N5OP. The maximum atomic E-state index is 16.1. The normalized spacial score (nSPS) is 15.8. The number of benzene rings is 5. The van der Waals surface area contributed by atoms with E-state index >= 15 is 4.57 Å². The quantitative estimate of drug-likeness (QED) is 0.196. The van der Waals surface area contributed by atoms with Crippen LogP contribution in [0.25, 0.3) is 33.3 Å². The molecule has 7 heteroatoms. The van der Waals surface area contributed by atoms with Crippen molar-refractivity contribution in [2.75, 3.05) is 4.90 Å². The first-order chi connectivity index (χ1) is 21.0. The third kappa shape index (κ3) is 3.84. The lowest BCUT2D eigenvalue weighted by Gasteiger charge is -2.36. The first-order valence-electron chi connectivity index (χ1n) is 14.3. The molecule has 0 fully saturated rings. The number of fused-ring (bicyclic) bond motifs is 4. The highest BCUT2D eigenvalue weighted by Gasteiger charge is 2.45. The molecule has 0 amide bonds. The Morgan fingerprint density at radius 1 is 0.558 bits per heavy atom. The molecule has 5 aromatic carbocycles. The van der Waals surface area contributed by atoms with Crippen LogP contribution in [0.2, 0.25) is 0 Å². The van der Waals surface area contributed by atoms with Gasteiger partial charge in [-0.15, -0.1) is 0 Å². The van der Waals surface area contributed by atoms with E-state index in [2.05, 4.69) is 60.7 Å². The molecule has 1 unspecified atom stereocenters. The minimum absolute atomic E-state index is 0.581. The Morgan fingerprint density at radius 2 is 1.14 bits per heavy atom. The van der Waals surface area contributed by atoms with Gasteiger partial charge in [-0.05, 0) is 72.5 Å². The van der Waals surface area contributed by atoms with Crippen LogP contribution in [0, 0.1) is 13.8 Å². The maximum Gasteiger partial charge on any atom is 0.306 e. The zero-order valence-corrected chi connectivity index (χ0v) is 24.7. The van der Waals surface area contributed by atoms with Crippen LogP contribution in [0.15, 0.2) is 133 Å². The molecule has 1 aliphatic heterocycles. The van der Waals surface area contributed by atoms with Crippen molar-refractivity contribution in [3.63, 3.8) is 0 Å². The van der Waals surface area contributed by atoms with Crippen LogP contribution >= 0.6 is 7.44 Å². The van der Waals surface area contributed by atoms with Gasteiger partial charge in [0.15, 0.2) is 0 Å². The summed E-state index contributed by atoms with van der Waals surface area (Å²) in [5.41, 5.74) is 8.45. The van der Waals surface area contributed by atoms with E-state index in [9.17, 15) is 0 Å². The number of nitrogens with zero attached hydrogens (tertiary/aromatic N) is 5. The summed E-state index contributed by atoms with van der Waals surface area (Å²) in [6.07, 6.45) is 0. The number of aryl methyl sites for hydroxylation is 1. The van der Waals surface area contributed by atoms with E-state index in [1.165, 1.54) is 0 Å². The molecule has 0 saturated heterocycles. The van der Waals surface area contributed by atoms with Gasteiger partial charge in [0, 0.05) is 5.69 Å². The first kappa shape index (κ1) is 25.5. The van der Waals surface area contributed by atoms with Crippen LogP contribution in [0.1, 0.15) is 11.4 Å². The number of hydrogen-bond donors (Lipinski definition) is 0. The van der Waals surface area contributed by atoms with E-state index < -0.39 is 7.44 Å². The van der Waals surface area contributed by atoms with E-state index in [0.29, 0.717) is 11.9 Å². The van der Waals surface area contributed by atoms with E-state index in [0.717, 1.165) is 55.7 Å². The zero-order chi connectivity index (χ0) is 29.1. The zero-order valence-electron chi connectivity index (χ0n) is 23.8. The van der Waals surface area contributed by atoms with E-state index in [1.807, 2.05) is 100 Å². The van der Waals surface area contributed by atoms with Gasteiger partial charge >= 0.3 is 7.44 Å². The summed E-state index contributed by atoms with van der Waals surface area (Å²) >= 11 is 0. The molecule has 0 saturated carbocycles. The minimum Gasteiger partial charge on any atom is -0.269 e. The lowest BCUT2D eigenvalue weighted by atomic mass is 10.1. The molecule has 1 atom stereocenters. The SMILES string of the molecule is Cc1nc2n(c1C)P(=O)(c1cccc(-c3ccccc3)c1)n1c(nc3ccccc31)N2c1cccc(-c2ccccc2)c1. The van der Waals surface area contributed by atoms with Crippen molar-refractivity contribution in [1.29, 1.82) is 0 Å². The van der Waals surface area contributed by atoms with Crippen molar-refractivity contribution >= 4 is 41.4 Å². The van der Waals surface area contributed by atoms with Gasteiger partial charge in [0.1, 0.15) is 0 Å². The van der Waals surface area contributed by atoms with Crippen molar-refractivity contribution < 1.29 is 4.57 Å². The van der Waals surface area contributed by atoms with E-state index in [-0.39, 0.29) is 0 Å². The molecule has 3 heterocycles. The molecule has 6 nitrogen and oxygen atoms in total. The summed E-state index contributed by atoms with van der Waals surface area (Å²) in [6.45, 7) is 3.98. The summed E-state index contributed by atoms with van der Waals surface area (Å²) in [4.78, 5) is 12.2. The van der Waals surface area contributed by atoms with Gasteiger partial charge in [-0.2, -0.15) is 0 Å². The number of imidazole rings is 2. The van der Waals surface area contributed by atoms with E-state index in [4.69, 9.17) is 9.97 Å². The highest BCUT2D eigenvalue weighted by Crippen LogP contribution is 2.61. The van der Waals surface area contributed by atoms with Gasteiger partial charge in [-0.3, -0.25) is 4.57 Å². The van der Waals surface area contributed by atoms with Gasteiger partial charge in [-0.25, -0.2) is 23.5 Å². The molecule has 8 rings (SSSR count). The summed E-state index contributed by atoms with van der Waals surface area (Å²) in [7, 11) is -3.57. The van der Waals surface area contributed by atoms with Crippen LogP contribution in [0.5, 0.6) is 0 Å². The third-order valence-corrected chi connectivity index (χ3v) is 11.2. The molecule has 0 aliphatic carbocycles. The first-order valence-corrected chi connectivity index (χ1v) is 15.9.